The molecule has 2 unspecified atom stereocenters. The van der Waals surface area contributed by atoms with Crippen LogP contribution in [-0.2, 0) is 4.79 Å². The Labute approximate surface area is 185 Å². The van der Waals surface area contributed by atoms with Crippen LogP contribution < -0.4 is 5.32 Å². The minimum Gasteiger partial charge on any atom is -0.329 e. The topological polar surface area (TPSA) is 46.9 Å². The van der Waals surface area contributed by atoms with Gasteiger partial charge in [-0.3, -0.25) is 9.36 Å². The van der Waals surface area contributed by atoms with Crippen molar-refractivity contribution in [3.8, 4) is 0 Å². The third kappa shape index (κ3) is 2.96. The lowest BCUT2D eigenvalue weighted by Crippen LogP contribution is -2.33. The van der Waals surface area contributed by atoms with Gasteiger partial charge in [0, 0.05) is 17.7 Å². The van der Waals surface area contributed by atoms with Crippen LogP contribution in [-0.4, -0.2) is 15.3 Å². The number of aryl methyl sites for hydroxylation is 1. The summed E-state index contributed by atoms with van der Waals surface area (Å²) in [5.41, 5.74) is 6.76. The van der Waals surface area contributed by atoms with E-state index in [9.17, 15) is 9.18 Å². The van der Waals surface area contributed by atoms with Crippen LogP contribution in [0.3, 0.4) is 0 Å². The number of rotatable bonds is 2. The molecule has 0 spiro atoms. The summed E-state index contributed by atoms with van der Waals surface area (Å²) in [7, 11) is 0. The molecule has 0 amide bonds. The number of aromatic nitrogens is 2. The molecule has 0 saturated heterocycles. The summed E-state index contributed by atoms with van der Waals surface area (Å²) in [5, 5.41) is 3.48. The van der Waals surface area contributed by atoms with Gasteiger partial charge in [0.15, 0.2) is 5.78 Å². The number of halogens is 1. The number of carbonyl (C=O) groups excluding carboxylic acids is 1. The summed E-state index contributed by atoms with van der Waals surface area (Å²) in [6.45, 7) is 2.07. The monoisotopic (exact) mass is 423 g/mol. The maximum atomic E-state index is 13.7. The number of carbonyl (C=O) groups is 1. The molecule has 4 aromatic rings. The molecule has 1 aliphatic carbocycles. The number of hydrogen-bond donors (Lipinski definition) is 1. The molecule has 1 aliphatic heterocycles. The van der Waals surface area contributed by atoms with E-state index in [1.807, 2.05) is 24.3 Å². The van der Waals surface area contributed by atoms with Crippen molar-refractivity contribution in [2.75, 3.05) is 5.32 Å². The molecule has 2 heterocycles. The van der Waals surface area contributed by atoms with Crippen molar-refractivity contribution in [1.82, 2.24) is 9.55 Å². The van der Waals surface area contributed by atoms with E-state index in [0.29, 0.717) is 6.42 Å². The average Bonchev–Trinajstić information content (AvgIpc) is 3.17. The number of imidazole rings is 1. The van der Waals surface area contributed by atoms with E-state index in [-0.39, 0.29) is 23.6 Å². The van der Waals surface area contributed by atoms with E-state index in [1.165, 1.54) is 23.3 Å². The highest BCUT2D eigenvalue weighted by Crippen LogP contribution is 2.45. The number of anilines is 1. The number of benzene rings is 3. The number of para-hydroxylation sites is 2. The molecular weight excluding hydrogens is 401 g/mol. The first kappa shape index (κ1) is 19.0. The number of Topliss-reactive ketones (excluding diaryl/α,β-unsaturated/α-hetero) is 1. The number of hydrogen-bond acceptors (Lipinski definition) is 3. The van der Waals surface area contributed by atoms with E-state index in [4.69, 9.17) is 4.98 Å². The van der Waals surface area contributed by atoms with Crippen LogP contribution in [0.1, 0.15) is 41.5 Å². The number of nitrogens with one attached hydrogen (secondary N) is 1. The van der Waals surface area contributed by atoms with Gasteiger partial charge in [-0.2, -0.15) is 0 Å². The highest BCUT2D eigenvalue weighted by molar-refractivity contribution is 6.01. The summed E-state index contributed by atoms with van der Waals surface area (Å²) in [4.78, 5) is 18.4. The first-order valence-electron chi connectivity index (χ1n) is 10.9. The number of allylic oxidation sites excluding steroid dienone is 2. The van der Waals surface area contributed by atoms with Crippen LogP contribution >= 0.6 is 0 Å². The molecule has 1 N–H and O–H groups in total. The molecule has 6 rings (SSSR count). The molecule has 0 fully saturated rings. The summed E-state index contributed by atoms with van der Waals surface area (Å²) in [6.07, 6.45) is 1.20. The second-order valence-corrected chi connectivity index (χ2v) is 8.70. The van der Waals surface area contributed by atoms with Crippen molar-refractivity contribution >= 4 is 22.8 Å². The predicted octanol–water partition coefficient (Wildman–Crippen LogP) is 5.90. The average molecular weight is 423 g/mol. The van der Waals surface area contributed by atoms with E-state index >= 15 is 0 Å². The highest BCUT2D eigenvalue weighted by Gasteiger charge is 2.39. The Bertz CT molecular complexity index is 1380. The van der Waals surface area contributed by atoms with Gasteiger partial charge in [0.1, 0.15) is 5.82 Å². The number of nitrogens with zero attached hydrogens (tertiary/aromatic N) is 2. The standard InChI is InChI=1S/C27H22FN3O/c1-16-6-8-17(9-7-16)19-14-22-25(24(32)15-19)26(18-10-12-20(28)13-11-18)31-23-5-3-2-4-21(23)29-27(31)30-22/h2-13,19,26H,14-15H2,1H3,(H,29,30). The summed E-state index contributed by atoms with van der Waals surface area (Å²) >= 11 is 0. The van der Waals surface area contributed by atoms with Crippen molar-refractivity contribution in [3.05, 3.63) is 107 Å². The molecule has 2 atom stereocenters. The maximum Gasteiger partial charge on any atom is 0.209 e. The van der Waals surface area contributed by atoms with Gasteiger partial charge < -0.3 is 5.32 Å². The molecule has 0 bridgehead atoms. The zero-order valence-electron chi connectivity index (χ0n) is 17.7. The summed E-state index contributed by atoms with van der Waals surface area (Å²) in [6, 6.07) is 22.5. The number of fused-ring (bicyclic) bond motifs is 3. The Morgan fingerprint density at radius 2 is 1.66 bits per heavy atom. The minimum absolute atomic E-state index is 0.124. The molecule has 158 valence electrons. The molecule has 3 aromatic carbocycles. The van der Waals surface area contributed by atoms with Gasteiger partial charge in [-0.05, 0) is 54.7 Å². The Hall–Kier alpha value is -3.73. The SMILES string of the molecule is Cc1ccc(C2CC(=O)C3=C(C2)Nc2nc4ccccc4n2C3c2ccc(F)cc2)cc1. The van der Waals surface area contributed by atoms with Crippen LogP contribution in [0.4, 0.5) is 10.3 Å². The second kappa shape index (κ2) is 7.16. The van der Waals surface area contributed by atoms with Gasteiger partial charge in [0.25, 0.3) is 0 Å². The van der Waals surface area contributed by atoms with Gasteiger partial charge >= 0.3 is 0 Å². The highest BCUT2D eigenvalue weighted by atomic mass is 19.1. The molecular formula is C27H22FN3O. The molecule has 32 heavy (non-hydrogen) atoms. The molecule has 4 nitrogen and oxygen atoms in total. The van der Waals surface area contributed by atoms with E-state index in [2.05, 4.69) is 41.1 Å². The predicted molar refractivity (Wildman–Crippen MR) is 123 cm³/mol. The van der Waals surface area contributed by atoms with Crippen LogP contribution in [0.15, 0.2) is 84.1 Å². The summed E-state index contributed by atoms with van der Waals surface area (Å²) in [5.74, 6) is 0.680. The minimum atomic E-state index is -0.333. The second-order valence-electron chi connectivity index (χ2n) is 8.70. The quantitative estimate of drug-likeness (QED) is 0.437. The smallest absolute Gasteiger partial charge is 0.209 e. The number of ketones is 1. The van der Waals surface area contributed by atoms with Crippen LogP contribution in [0.25, 0.3) is 11.0 Å². The molecule has 0 saturated carbocycles. The fourth-order valence-electron chi connectivity index (χ4n) is 5.06. The van der Waals surface area contributed by atoms with Crippen LogP contribution in [0.5, 0.6) is 0 Å². The van der Waals surface area contributed by atoms with Crippen molar-refractivity contribution < 1.29 is 9.18 Å². The van der Waals surface area contributed by atoms with Gasteiger partial charge in [-0.1, -0.05) is 54.1 Å². The normalized spacial score (nSPS) is 20.1. The van der Waals surface area contributed by atoms with Crippen molar-refractivity contribution in [2.45, 2.75) is 31.7 Å². The zero-order valence-corrected chi connectivity index (χ0v) is 17.7. The van der Waals surface area contributed by atoms with E-state index in [1.54, 1.807) is 12.1 Å². The molecule has 5 heteroatoms. The Morgan fingerprint density at radius 1 is 0.938 bits per heavy atom. The van der Waals surface area contributed by atoms with E-state index in [0.717, 1.165) is 40.2 Å². The third-order valence-corrected chi connectivity index (χ3v) is 6.63. The fourth-order valence-corrected chi connectivity index (χ4v) is 5.06. The van der Waals surface area contributed by atoms with Gasteiger partial charge in [-0.25, -0.2) is 9.37 Å². The van der Waals surface area contributed by atoms with Crippen molar-refractivity contribution in [2.24, 2.45) is 0 Å². The summed E-state index contributed by atoms with van der Waals surface area (Å²) < 4.78 is 15.8. The maximum absolute atomic E-state index is 13.7. The van der Waals surface area contributed by atoms with Crippen LogP contribution in [0.2, 0.25) is 0 Å². The zero-order chi connectivity index (χ0) is 21.8. The first-order valence-corrected chi connectivity index (χ1v) is 10.9. The van der Waals surface area contributed by atoms with Gasteiger partial charge in [-0.15, -0.1) is 0 Å². The van der Waals surface area contributed by atoms with Crippen molar-refractivity contribution in [3.63, 3.8) is 0 Å². The lowest BCUT2D eigenvalue weighted by Gasteiger charge is -2.36. The Balaban J connectivity index is 1.51. The van der Waals surface area contributed by atoms with Gasteiger partial charge in [0.05, 0.1) is 17.1 Å². The first-order chi connectivity index (χ1) is 15.6. The third-order valence-electron chi connectivity index (χ3n) is 6.63. The lowest BCUT2D eigenvalue weighted by atomic mass is 9.77. The Morgan fingerprint density at radius 3 is 2.44 bits per heavy atom. The molecule has 1 aromatic heterocycles. The lowest BCUT2D eigenvalue weighted by molar-refractivity contribution is -0.116. The van der Waals surface area contributed by atoms with Crippen LogP contribution in [0, 0.1) is 12.7 Å². The molecule has 0 radical (unpaired) electrons. The van der Waals surface area contributed by atoms with Crippen molar-refractivity contribution in [1.29, 1.82) is 0 Å². The largest absolute Gasteiger partial charge is 0.329 e. The fraction of sp³-hybridized carbons (Fsp3) is 0.185. The van der Waals surface area contributed by atoms with E-state index < -0.39 is 0 Å². The van der Waals surface area contributed by atoms with Gasteiger partial charge in [0.2, 0.25) is 5.95 Å². The Kier molecular flexibility index (Phi) is 4.25. The molecule has 2 aliphatic rings.